The molecule has 2 rings (SSSR count). The van der Waals surface area contributed by atoms with Crippen LogP contribution in [0.25, 0.3) is 0 Å². The average molecular weight is 244 g/mol. The second kappa shape index (κ2) is 4.88. The van der Waals surface area contributed by atoms with Gasteiger partial charge in [-0.1, -0.05) is 0 Å². The Bertz CT molecular complexity index is 577. The monoisotopic (exact) mass is 244 g/mol. The van der Waals surface area contributed by atoms with Gasteiger partial charge in [-0.15, -0.1) is 0 Å². The Balaban J connectivity index is 2.27. The Morgan fingerprint density at radius 3 is 2.78 bits per heavy atom. The molecule has 0 amide bonds. The highest BCUT2D eigenvalue weighted by molar-refractivity contribution is 5.49. The summed E-state index contributed by atoms with van der Waals surface area (Å²) in [6, 6.07) is 6.19. The molecule has 1 aromatic carbocycles. The molecular formula is C13H13FN4. The molecule has 4 nitrogen and oxygen atoms in total. The van der Waals surface area contributed by atoms with Crippen LogP contribution in [0.1, 0.15) is 17.3 Å². The van der Waals surface area contributed by atoms with Gasteiger partial charge in [0.25, 0.3) is 0 Å². The number of hydrogen-bond acceptors (Lipinski definition) is 3. The number of imidazole rings is 1. The van der Waals surface area contributed by atoms with Crippen molar-refractivity contribution in [1.29, 1.82) is 5.26 Å². The molecule has 0 aliphatic rings. The second-order valence-electron chi connectivity index (χ2n) is 4.15. The van der Waals surface area contributed by atoms with Gasteiger partial charge >= 0.3 is 0 Å². The van der Waals surface area contributed by atoms with E-state index >= 15 is 0 Å². The number of nitrogens with zero attached hydrogens (tertiary/aromatic N) is 3. The van der Waals surface area contributed by atoms with E-state index in [1.807, 2.05) is 7.05 Å². The van der Waals surface area contributed by atoms with Gasteiger partial charge in [-0.3, -0.25) is 0 Å². The zero-order valence-electron chi connectivity index (χ0n) is 10.2. The molecular weight excluding hydrogens is 231 g/mol. The van der Waals surface area contributed by atoms with E-state index in [-0.39, 0.29) is 5.82 Å². The summed E-state index contributed by atoms with van der Waals surface area (Å²) in [5.41, 5.74) is 2.12. The van der Waals surface area contributed by atoms with Crippen molar-refractivity contribution in [3.05, 3.63) is 47.8 Å². The highest BCUT2D eigenvalue weighted by Gasteiger charge is 2.14. The van der Waals surface area contributed by atoms with Crippen LogP contribution in [0.15, 0.2) is 30.7 Å². The largest absolute Gasteiger partial charge is 0.365 e. The zero-order valence-corrected chi connectivity index (χ0v) is 10.2. The summed E-state index contributed by atoms with van der Waals surface area (Å²) < 4.78 is 15.0. The minimum absolute atomic E-state index is 0.320. The summed E-state index contributed by atoms with van der Waals surface area (Å²) in [7, 11) is 1.81. The van der Waals surface area contributed by atoms with E-state index < -0.39 is 6.04 Å². The molecule has 0 aliphatic heterocycles. The lowest BCUT2D eigenvalue weighted by Crippen LogP contribution is -2.12. The van der Waals surface area contributed by atoms with E-state index in [1.54, 1.807) is 30.1 Å². The van der Waals surface area contributed by atoms with E-state index in [9.17, 15) is 9.65 Å². The lowest BCUT2D eigenvalue weighted by Gasteiger charge is -2.14. The number of rotatable bonds is 3. The van der Waals surface area contributed by atoms with Crippen LogP contribution in [-0.4, -0.2) is 9.55 Å². The lowest BCUT2D eigenvalue weighted by molar-refractivity contribution is 0.627. The lowest BCUT2D eigenvalue weighted by atomic mass is 10.2. The first-order chi connectivity index (χ1) is 8.60. The maximum atomic E-state index is 13.3. The fraction of sp³-hybridized carbons (Fsp3) is 0.231. The van der Waals surface area contributed by atoms with Gasteiger partial charge in [0.1, 0.15) is 5.82 Å². The van der Waals surface area contributed by atoms with Crippen LogP contribution in [0.2, 0.25) is 0 Å². The first-order valence-electron chi connectivity index (χ1n) is 5.49. The van der Waals surface area contributed by atoms with Gasteiger partial charge in [0.05, 0.1) is 24.3 Å². The number of aromatic nitrogens is 2. The number of hydrogen-bond donors (Lipinski definition) is 1. The Morgan fingerprint density at radius 2 is 2.22 bits per heavy atom. The maximum absolute atomic E-state index is 13.3. The Morgan fingerprint density at radius 1 is 1.44 bits per heavy atom. The molecule has 1 aromatic heterocycles. The van der Waals surface area contributed by atoms with Crippen LogP contribution < -0.4 is 5.32 Å². The molecule has 0 aliphatic carbocycles. The van der Waals surface area contributed by atoms with E-state index in [2.05, 4.69) is 16.4 Å². The van der Waals surface area contributed by atoms with Gasteiger partial charge in [0, 0.05) is 12.7 Å². The molecule has 1 heterocycles. The molecule has 1 unspecified atom stereocenters. The molecule has 2 aromatic rings. The minimum Gasteiger partial charge on any atom is -0.365 e. The topological polar surface area (TPSA) is 53.6 Å². The zero-order chi connectivity index (χ0) is 13.1. The summed E-state index contributed by atoms with van der Waals surface area (Å²) in [6.45, 7) is 1.81. The van der Waals surface area contributed by atoms with Crippen molar-refractivity contribution in [1.82, 2.24) is 9.55 Å². The molecule has 92 valence electrons. The molecule has 0 saturated carbocycles. The Kier molecular flexibility index (Phi) is 3.28. The Hall–Kier alpha value is -2.35. The van der Waals surface area contributed by atoms with Crippen molar-refractivity contribution in [3.8, 4) is 6.07 Å². The summed E-state index contributed by atoms with van der Waals surface area (Å²) in [4.78, 5) is 3.97. The number of nitrogens with one attached hydrogen (secondary N) is 1. The molecule has 5 heteroatoms. The van der Waals surface area contributed by atoms with Crippen molar-refractivity contribution in [2.24, 2.45) is 7.05 Å². The molecule has 0 spiro atoms. The van der Waals surface area contributed by atoms with Gasteiger partial charge in [-0.2, -0.15) is 5.26 Å². The van der Waals surface area contributed by atoms with E-state index in [1.165, 1.54) is 12.1 Å². The third-order valence-corrected chi connectivity index (χ3v) is 2.63. The first kappa shape index (κ1) is 12.1. The summed E-state index contributed by atoms with van der Waals surface area (Å²) in [5, 5.41) is 12.2. The van der Waals surface area contributed by atoms with E-state index in [0.717, 1.165) is 11.3 Å². The standard InChI is InChI=1S/C13H13FN4/c1-9-3-10(14)5-11(4-9)17-12(6-15)13-7-16-8-18(13)2/h3-5,7-8,12,17H,1-2H3. The highest BCUT2D eigenvalue weighted by Crippen LogP contribution is 2.20. The van der Waals surface area contributed by atoms with Gasteiger partial charge in [0.15, 0.2) is 6.04 Å². The second-order valence-corrected chi connectivity index (χ2v) is 4.15. The van der Waals surface area contributed by atoms with Crippen molar-refractivity contribution >= 4 is 5.69 Å². The summed E-state index contributed by atoms with van der Waals surface area (Å²) >= 11 is 0. The maximum Gasteiger partial charge on any atom is 0.156 e. The average Bonchev–Trinajstić information content (AvgIpc) is 2.71. The number of anilines is 1. The van der Waals surface area contributed by atoms with Crippen LogP contribution in [0.4, 0.5) is 10.1 Å². The molecule has 0 radical (unpaired) electrons. The van der Waals surface area contributed by atoms with Crippen LogP contribution in [0, 0.1) is 24.1 Å². The number of nitriles is 1. The molecule has 0 saturated heterocycles. The van der Waals surface area contributed by atoms with Crippen molar-refractivity contribution < 1.29 is 4.39 Å². The molecule has 18 heavy (non-hydrogen) atoms. The highest BCUT2D eigenvalue weighted by atomic mass is 19.1. The van der Waals surface area contributed by atoms with Crippen molar-refractivity contribution in [3.63, 3.8) is 0 Å². The number of benzene rings is 1. The molecule has 0 fully saturated rings. The predicted molar refractivity (Wildman–Crippen MR) is 66.3 cm³/mol. The quantitative estimate of drug-likeness (QED) is 0.902. The van der Waals surface area contributed by atoms with Gasteiger partial charge in [0.2, 0.25) is 0 Å². The van der Waals surface area contributed by atoms with Crippen LogP contribution in [-0.2, 0) is 7.05 Å². The molecule has 1 atom stereocenters. The van der Waals surface area contributed by atoms with Crippen molar-refractivity contribution in [2.75, 3.05) is 5.32 Å². The third kappa shape index (κ3) is 2.48. The fourth-order valence-corrected chi connectivity index (χ4v) is 1.80. The van der Waals surface area contributed by atoms with Crippen LogP contribution in [0.3, 0.4) is 0 Å². The normalized spacial score (nSPS) is 11.9. The van der Waals surface area contributed by atoms with Crippen LogP contribution >= 0.6 is 0 Å². The van der Waals surface area contributed by atoms with Gasteiger partial charge < -0.3 is 9.88 Å². The minimum atomic E-state index is -0.557. The van der Waals surface area contributed by atoms with Gasteiger partial charge in [-0.05, 0) is 30.7 Å². The first-order valence-corrected chi connectivity index (χ1v) is 5.49. The molecule has 1 N–H and O–H groups in total. The summed E-state index contributed by atoms with van der Waals surface area (Å²) in [5.74, 6) is -0.320. The SMILES string of the molecule is Cc1cc(F)cc(NC(C#N)c2cncn2C)c1. The number of halogens is 1. The van der Waals surface area contributed by atoms with E-state index in [4.69, 9.17) is 0 Å². The smallest absolute Gasteiger partial charge is 0.156 e. The third-order valence-electron chi connectivity index (χ3n) is 2.63. The predicted octanol–water partition coefficient (Wildman–Crippen LogP) is 2.54. The van der Waals surface area contributed by atoms with Crippen LogP contribution in [0.5, 0.6) is 0 Å². The number of aryl methyl sites for hydroxylation is 2. The van der Waals surface area contributed by atoms with E-state index in [0.29, 0.717) is 5.69 Å². The molecule has 0 bridgehead atoms. The Labute approximate surface area is 105 Å². The fourth-order valence-electron chi connectivity index (χ4n) is 1.80. The van der Waals surface area contributed by atoms with Gasteiger partial charge in [-0.25, -0.2) is 9.37 Å². The van der Waals surface area contributed by atoms with Crippen molar-refractivity contribution in [2.45, 2.75) is 13.0 Å². The summed E-state index contributed by atoms with van der Waals surface area (Å²) in [6.07, 6.45) is 3.24.